The zero-order valence-corrected chi connectivity index (χ0v) is 20.3. The van der Waals surface area contributed by atoms with Gasteiger partial charge in [0.2, 0.25) is 5.91 Å². The maximum Gasteiger partial charge on any atom is 0.303 e. The summed E-state index contributed by atoms with van der Waals surface area (Å²) in [6.45, 7) is 5.68. The summed E-state index contributed by atoms with van der Waals surface area (Å²) in [4.78, 5) is 40.4. The van der Waals surface area contributed by atoms with E-state index < -0.39 is 11.4 Å². The molecule has 7 nitrogen and oxygen atoms in total. The quantitative estimate of drug-likeness (QED) is 0.743. The van der Waals surface area contributed by atoms with E-state index >= 15 is 0 Å². The number of amides is 2. The number of hydrogen-bond acceptors (Lipinski definition) is 4. The molecule has 2 aliphatic heterocycles. The van der Waals surface area contributed by atoms with Crippen molar-refractivity contribution in [1.29, 1.82) is 0 Å². The number of piperidine rings is 1. The summed E-state index contributed by atoms with van der Waals surface area (Å²) in [5, 5.41) is 9.10. The molecular weight excluding hydrogens is 420 g/mol. The lowest BCUT2D eigenvalue weighted by Crippen LogP contribution is -2.49. The molecule has 1 aromatic rings. The Hall–Kier alpha value is -2.57. The predicted molar refractivity (Wildman–Crippen MR) is 126 cm³/mol. The topological polar surface area (TPSA) is 87.2 Å². The Morgan fingerprint density at radius 3 is 2.48 bits per heavy atom. The lowest BCUT2D eigenvalue weighted by atomic mass is 9.73. The van der Waals surface area contributed by atoms with Gasteiger partial charge in [-0.2, -0.15) is 0 Å². The van der Waals surface area contributed by atoms with Crippen molar-refractivity contribution in [3.63, 3.8) is 0 Å². The van der Waals surface area contributed by atoms with E-state index in [0.717, 1.165) is 49.8 Å². The second-order valence-corrected chi connectivity index (χ2v) is 10.6. The van der Waals surface area contributed by atoms with E-state index in [1.165, 1.54) is 0 Å². The fourth-order valence-electron chi connectivity index (χ4n) is 5.22. The number of likely N-dealkylation sites (N-methyl/N-ethyl adjacent to an activating group) is 1. The van der Waals surface area contributed by atoms with Gasteiger partial charge in [0.1, 0.15) is 5.75 Å². The van der Waals surface area contributed by atoms with Crippen LogP contribution in [0, 0.1) is 10.8 Å². The zero-order chi connectivity index (χ0) is 24.1. The molecule has 33 heavy (non-hydrogen) atoms. The summed E-state index contributed by atoms with van der Waals surface area (Å²) in [6.07, 6.45) is 6.01. The molecule has 3 rings (SSSR count). The van der Waals surface area contributed by atoms with Gasteiger partial charge in [-0.3, -0.25) is 14.4 Å². The molecule has 0 aliphatic carbocycles. The third-order valence-electron chi connectivity index (χ3n) is 7.16. The third-order valence-corrected chi connectivity index (χ3v) is 7.16. The number of carbonyl (C=O) groups excluding carboxylic acids is 2. The molecule has 2 aliphatic rings. The first-order valence-electron chi connectivity index (χ1n) is 12.0. The molecular formula is C26H38N2O5. The van der Waals surface area contributed by atoms with Gasteiger partial charge in [0.05, 0.1) is 6.42 Å². The lowest BCUT2D eigenvalue weighted by molar-refractivity contribution is -0.142. The summed E-state index contributed by atoms with van der Waals surface area (Å²) < 4.78 is 5.86. The number of nitrogens with zero attached hydrogens (tertiary/aromatic N) is 2. The van der Waals surface area contributed by atoms with Crippen molar-refractivity contribution in [2.45, 2.75) is 65.2 Å². The minimum atomic E-state index is -0.877. The summed E-state index contributed by atoms with van der Waals surface area (Å²) >= 11 is 0. The summed E-state index contributed by atoms with van der Waals surface area (Å²) in [5.74, 6) is -0.0810. The van der Waals surface area contributed by atoms with Crippen LogP contribution in [0.25, 0.3) is 0 Å². The number of likely N-dealkylation sites (tertiary alicyclic amines) is 1. The summed E-state index contributed by atoms with van der Waals surface area (Å²) in [6, 6.07) is 7.95. The largest absolute Gasteiger partial charge is 0.483 e. The molecule has 0 atom stereocenters. The Bertz CT molecular complexity index is 858. The average molecular weight is 459 g/mol. The number of carbonyl (C=O) groups is 3. The lowest BCUT2D eigenvalue weighted by Gasteiger charge is -2.44. The van der Waals surface area contributed by atoms with Crippen LogP contribution < -0.4 is 4.74 Å². The van der Waals surface area contributed by atoms with Crippen LogP contribution >= 0.6 is 0 Å². The van der Waals surface area contributed by atoms with E-state index in [2.05, 4.69) is 6.07 Å². The molecule has 1 spiro atoms. The summed E-state index contributed by atoms with van der Waals surface area (Å²) in [5.41, 5.74) is 0.580. The van der Waals surface area contributed by atoms with Crippen LogP contribution in [-0.2, 0) is 20.8 Å². The number of ether oxygens (including phenoxy) is 1. The SMILES string of the molecule is CN1CC2(CCCCc3ccccc3OCC1=O)CCN(C(=O)CC(C)(C)CC(=O)O)CC2. The maximum atomic E-state index is 12.9. The van der Waals surface area contributed by atoms with Crippen LogP contribution in [0.3, 0.4) is 0 Å². The molecule has 2 heterocycles. The molecule has 0 saturated carbocycles. The van der Waals surface area contributed by atoms with Gasteiger partial charge in [-0.25, -0.2) is 0 Å². The minimum absolute atomic E-state index is 0.00348. The monoisotopic (exact) mass is 458 g/mol. The standard InChI is InChI=1S/C26H38N2O5/c1-25(2,17-24(31)32)16-22(29)28-14-12-26(13-15-28)11-7-6-9-20-8-4-5-10-21(20)33-18-23(30)27(3)19-26/h4-5,8,10H,6-7,9,11-19H2,1-3H3,(H,31,32). The predicted octanol–water partition coefficient (Wildman–Crippen LogP) is 3.75. The number of aliphatic carboxylic acids is 1. The van der Waals surface area contributed by atoms with Crippen LogP contribution in [0.15, 0.2) is 24.3 Å². The molecule has 1 fully saturated rings. The first-order valence-corrected chi connectivity index (χ1v) is 12.0. The van der Waals surface area contributed by atoms with Crippen LogP contribution in [0.4, 0.5) is 0 Å². The van der Waals surface area contributed by atoms with Crippen molar-refractivity contribution in [2.24, 2.45) is 10.8 Å². The normalized spacial score (nSPS) is 19.8. The molecule has 0 bridgehead atoms. The van der Waals surface area contributed by atoms with Crippen molar-refractivity contribution < 1.29 is 24.2 Å². The highest BCUT2D eigenvalue weighted by molar-refractivity contribution is 5.78. The molecule has 1 saturated heterocycles. The van der Waals surface area contributed by atoms with Crippen molar-refractivity contribution in [3.05, 3.63) is 29.8 Å². The number of benzene rings is 1. The van der Waals surface area contributed by atoms with Crippen molar-refractivity contribution in [3.8, 4) is 5.75 Å². The Balaban J connectivity index is 1.64. The Morgan fingerprint density at radius 1 is 1.09 bits per heavy atom. The van der Waals surface area contributed by atoms with E-state index in [0.29, 0.717) is 19.6 Å². The average Bonchev–Trinajstić information content (AvgIpc) is 2.74. The number of fused-ring (bicyclic) bond motifs is 1. The first-order chi connectivity index (χ1) is 15.6. The number of carboxylic acids is 1. The minimum Gasteiger partial charge on any atom is -0.483 e. The zero-order valence-electron chi connectivity index (χ0n) is 20.3. The van der Waals surface area contributed by atoms with Crippen LogP contribution in [-0.4, -0.2) is 66.0 Å². The molecule has 2 amide bonds. The van der Waals surface area contributed by atoms with Crippen molar-refractivity contribution >= 4 is 17.8 Å². The second-order valence-electron chi connectivity index (χ2n) is 10.6. The van der Waals surface area contributed by atoms with Crippen LogP contribution in [0.1, 0.15) is 64.4 Å². The van der Waals surface area contributed by atoms with Gasteiger partial charge in [-0.15, -0.1) is 0 Å². The molecule has 0 unspecified atom stereocenters. The van der Waals surface area contributed by atoms with E-state index in [-0.39, 0.29) is 36.7 Å². The Morgan fingerprint density at radius 2 is 1.79 bits per heavy atom. The second kappa shape index (κ2) is 10.6. The number of para-hydroxylation sites is 1. The number of hydrogen-bond donors (Lipinski definition) is 1. The molecule has 182 valence electrons. The molecule has 0 radical (unpaired) electrons. The fraction of sp³-hybridized carbons (Fsp3) is 0.654. The van der Waals surface area contributed by atoms with Gasteiger partial charge in [0.15, 0.2) is 6.61 Å². The van der Waals surface area contributed by atoms with Crippen molar-refractivity contribution in [2.75, 3.05) is 33.3 Å². The number of rotatable bonds is 4. The van der Waals surface area contributed by atoms with Crippen LogP contribution in [0.2, 0.25) is 0 Å². The van der Waals surface area contributed by atoms with Gasteiger partial charge in [-0.1, -0.05) is 38.5 Å². The van der Waals surface area contributed by atoms with Gasteiger partial charge < -0.3 is 19.6 Å². The number of carboxylic acid groups (broad SMARTS) is 1. The van der Waals surface area contributed by atoms with E-state index in [1.807, 2.05) is 44.0 Å². The Labute approximate surface area is 197 Å². The van der Waals surface area contributed by atoms with Crippen LogP contribution in [0.5, 0.6) is 5.75 Å². The van der Waals surface area contributed by atoms with Gasteiger partial charge >= 0.3 is 5.97 Å². The van der Waals surface area contributed by atoms with E-state index in [9.17, 15) is 14.4 Å². The van der Waals surface area contributed by atoms with Gasteiger partial charge in [-0.05, 0) is 54.6 Å². The van der Waals surface area contributed by atoms with Gasteiger partial charge in [0, 0.05) is 33.1 Å². The smallest absolute Gasteiger partial charge is 0.303 e. The molecule has 1 N–H and O–H groups in total. The Kier molecular flexibility index (Phi) is 8.03. The van der Waals surface area contributed by atoms with Crippen molar-refractivity contribution in [1.82, 2.24) is 9.80 Å². The molecule has 1 aromatic carbocycles. The third kappa shape index (κ3) is 6.95. The van der Waals surface area contributed by atoms with E-state index in [1.54, 1.807) is 4.90 Å². The number of aryl methyl sites for hydroxylation is 1. The highest BCUT2D eigenvalue weighted by Crippen LogP contribution is 2.39. The highest BCUT2D eigenvalue weighted by Gasteiger charge is 2.38. The first kappa shape index (κ1) is 25.1. The molecule has 7 heteroatoms. The van der Waals surface area contributed by atoms with Gasteiger partial charge in [0.25, 0.3) is 5.91 Å². The highest BCUT2D eigenvalue weighted by atomic mass is 16.5. The maximum absolute atomic E-state index is 12.9. The fourth-order valence-corrected chi connectivity index (χ4v) is 5.22. The van der Waals surface area contributed by atoms with E-state index in [4.69, 9.17) is 9.84 Å². The summed E-state index contributed by atoms with van der Waals surface area (Å²) in [7, 11) is 1.84. The molecule has 0 aromatic heterocycles.